The molecule has 1 aromatic heterocycles. The van der Waals surface area contributed by atoms with Crippen molar-refractivity contribution in [2.24, 2.45) is 0 Å². The molecule has 1 N–H and O–H groups in total. The molecule has 5 rings (SSSR count). The summed E-state index contributed by atoms with van der Waals surface area (Å²) in [4.78, 5) is 21.6. The molecule has 1 atom stereocenters. The Bertz CT molecular complexity index is 1010. The predicted molar refractivity (Wildman–Crippen MR) is 105 cm³/mol. The van der Waals surface area contributed by atoms with Crippen LogP contribution < -0.4 is 10.2 Å². The van der Waals surface area contributed by atoms with Crippen molar-refractivity contribution in [1.29, 1.82) is 0 Å². The van der Waals surface area contributed by atoms with Crippen LogP contribution in [0.15, 0.2) is 46.9 Å². The molecule has 3 heterocycles. The lowest BCUT2D eigenvalue weighted by Crippen LogP contribution is -2.43. The molecule has 0 aliphatic carbocycles. The Kier molecular flexibility index (Phi) is 3.77. The van der Waals surface area contributed by atoms with Gasteiger partial charge in [-0.15, -0.1) is 0 Å². The fraction of sp³-hybridized carbons (Fsp3) is 0.333. The third-order valence-electron chi connectivity index (χ3n) is 5.49. The molecule has 27 heavy (non-hydrogen) atoms. The number of carbonyl (C=O) groups is 1. The second-order valence-corrected chi connectivity index (χ2v) is 7.33. The Morgan fingerprint density at radius 1 is 1.22 bits per heavy atom. The summed E-state index contributed by atoms with van der Waals surface area (Å²) in [6.45, 7) is 4.33. The third kappa shape index (κ3) is 2.91. The highest BCUT2D eigenvalue weighted by Gasteiger charge is 2.33. The zero-order valence-electron chi connectivity index (χ0n) is 15.3. The lowest BCUT2D eigenvalue weighted by Gasteiger charge is -2.27. The van der Waals surface area contributed by atoms with E-state index in [2.05, 4.69) is 39.5 Å². The van der Waals surface area contributed by atoms with Gasteiger partial charge in [-0.1, -0.05) is 18.2 Å². The Balaban J connectivity index is 1.32. The number of para-hydroxylation sites is 1. The lowest BCUT2D eigenvalue weighted by atomic mass is 10.1. The first kappa shape index (κ1) is 16.2. The highest BCUT2D eigenvalue weighted by molar-refractivity contribution is 5.91. The van der Waals surface area contributed by atoms with Crippen molar-refractivity contribution in [1.82, 2.24) is 9.88 Å². The summed E-state index contributed by atoms with van der Waals surface area (Å²) < 4.78 is 5.50. The number of hydrogen-bond donors (Lipinski definition) is 1. The average Bonchev–Trinajstić information content (AvgIpc) is 3.12. The molecule has 6 heteroatoms. The number of anilines is 2. The van der Waals surface area contributed by atoms with Crippen LogP contribution in [-0.4, -0.2) is 41.6 Å². The van der Waals surface area contributed by atoms with Gasteiger partial charge in [0, 0.05) is 37.9 Å². The maximum absolute atomic E-state index is 12.9. The SMILES string of the molecule is Cc1nc2cc(NC(=O)N3CCCN4c5ccccc5CC4C3)ccc2o1. The summed E-state index contributed by atoms with van der Waals surface area (Å²) in [6.07, 6.45) is 1.98. The summed E-state index contributed by atoms with van der Waals surface area (Å²) in [5.41, 5.74) is 4.96. The molecule has 2 aromatic carbocycles. The van der Waals surface area contributed by atoms with Gasteiger partial charge in [0.15, 0.2) is 11.5 Å². The first-order valence-electron chi connectivity index (χ1n) is 9.45. The van der Waals surface area contributed by atoms with Gasteiger partial charge < -0.3 is 19.5 Å². The quantitative estimate of drug-likeness (QED) is 0.715. The number of fused-ring (bicyclic) bond motifs is 4. The Morgan fingerprint density at radius 2 is 2.11 bits per heavy atom. The van der Waals surface area contributed by atoms with Gasteiger partial charge in [0.05, 0.1) is 6.04 Å². The van der Waals surface area contributed by atoms with Crippen LogP contribution in [0.4, 0.5) is 16.2 Å². The lowest BCUT2D eigenvalue weighted by molar-refractivity contribution is 0.211. The minimum absolute atomic E-state index is 0.0487. The molecule has 2 aliphatic rings. The second-order valence-electron chi connectivity index (χ2n) is 7.33. The van der Waals surface area contributed by atoms with Crippen molar-refractivity contribution in [3.05, 3.63) is 53.9 Å². The van der Waals surface area contributed by atoms with Crippen LogP contribution in [0.1, 0.15) is 17.9 Å². The maximum atomic E-state index is 12.9. The first-order chi connectivity index (χ1) is 13.2. The highest BCUT2D eigenvalue weighted by atomic mass is 16.3. The summed E-state index contributed by atoms with van der Waals surface area (Å²) in [7, 11) is 0. The van der Waals surface area contributed by atoms with E-state index in [9.17, 15) is 4.79 Å². The Labute approximate surface area is 157 Å². The largest absolute Gasteiger partial charge is 0.441 e. The molecule has 1 unspecified atom stereocenters. The summed E-state index contributed by atoms with van der Waals surface area (Å²) in [5.74, 6) is 0.627. The number of hydrogen-bond acceptors (Lipinski definition) is 4. The summed E-state index contributed by atoms with van der Waals surface area (Å²) in [5, 5.41) is 3.03. The number of rotatable bonds is 1. The Hall–Kier alpha value is -3.02. The van der Waals surface area contributed by atoms with E-state index in [1.165, 1.54) is 11.3 Å². The van der Waals surface area contributed by atoms with E-state index in [0.717, 1.165) is 49.3 Å². The van der Waals surface area contributed by atoms with Crippen LogP contribution in [-0.2, 0) is 6.42 Å². The smallest absolute Gasteiger partial charge is 0.321 e. The number of aromatic nitrogens is 1. The van der Waals surface area contributed by atoms with E-state index >= 15 is 0 Å². The highest BCUT2D eigenvalue weighted by Crippen LogP contribution is 2.33. The van der Waals surface area contributed by atoms with Crippen molar-refractivity contribution in [2.45, 2.75) is 25.8 Å². The van der Waals surface area contributed by atoms with Crippen molar-refractivity contribution >= 4 is 28.5 Å². The van der Waals surface area contributed by atoms with E-state index in [1.807, 2.05) is 30.0 Å². The number of urea groups is 1. The molecule has 138 valence electrons. The van der Waals surface area contributed by atoms with E-state index in [0.29, 0.717) is 11.9 Å². The van der Waals surface area contributed by atoms with Gasteiger partial charge in [0.1, 0.15) is 5.52 Å². The molecular formula is C21H22N4O2. The number of benzene rings is 2. The molecule has 0 radical (unpaired) electrons. The summed E-state index contributed by atoms with van der Waals surface area (Å²) in [6, 6.07) is 14.5. The zero-order valence-corrected chi connectivity index (χ0v) is 15.3. The van der Waals surface area contributed by atoms with Crippen molar-refractivity contribution in [3.63, 3.8) is 0 Å². The van der Waals surface area contributed by atoms with E-state index in [-0.39, 0.29) is 6.03 Å². The summed E-state index contributed by atoms with van der Waals surface area (Å²) >= 11 is 0. The predicted octanol–water partition coefficient (Wildman–Crippen LogP) is 3.81. The number of nitrogens with zero attached hydrogens (tertiary/aromatic N) is 3. The normalized spacial score (nSPS) is 18.9. The molecule has 1 saturated heterocycles. The Morgan fingerprint density at radius 3 is 3.04 bits per heavy atom. The van der Waals surface area contributed by atoms with Gasteiger partial charge in [0.2, 0.25) is 0 Å². The van der Waals surface area contributed by atoms with Crippen LogP contribution >= 0.6 is 0 Å². The second kappa shape index (κ2) is 6.30. The van der Waals surface area contributed by atoms with E-state index in [4.69, 9.17) is 4.42 Å². The van der Waals surface area contributed by atoms with Crippen LogP contribution in [0.5, 0.6) is 0 Å². The standard InChI is InChI=1S/C21H22N4O2/c1-14-22-18-12-16(7-8-20(18)27-14)23-21(26)24-9-4-10-25-17(13-24)11-15-5-2-3-6-19(15)25/h2-3,5-8,12,17H,4,9-11,13H2,1H3,(H,23,26). The average molecular weight is 362 g/mol. The van der Waals surface area contributed by atoms with Gasteiger partial charge in [-0.2, -0.15) is 0 Å². The minimum Gasteiger partial charge on any atom is -0.441 e. The van der Waals surface area contributed by atoms with Crippen LogP contribution in [0.25, 0.3) is 11.1 Å². The fourth-order valence-electron chi connectivity index (χ4n) is 4.28. The first-order valence-corrected chi connectivity index (χ1v) is 9.45. The monoisotopic (exact) mass is 362 g/mol. The molecule has 2 amide bonds. The van der Waals surface area contributed by atoms with Gasteiger partial charge >= 0.3 is 6.03 Å². The van der Waals surface area contributed by atoms with Gasteiger partial charge in [-0.3, -0.25) is 0 Å². The van der Waals surface area contributed by atoms with Gasteiger partial charge in [-0.05, 0) is 42.7 Å². The zero-order chi connectivity index (χ0) is 18.4. The molecule has 3 aromatic rings. The van der Waals surface area contributed by atoms with Crippen molar-refractivity contribution < 1.29 is 9.21 Å². The number of carbonyl (C=O) groups excluding carboxylic acids is 1. The topological polar surface area (TPSA) is 61.6 Å². The van der Waals surface area contributed by atoms with E-state index in [1.54, 1.807) is 0 Å². The van der Waals surface area contributed by atoms with E-state index < -0.39 is 0 Å². The van der Waals surface area contributed by atoms with Crippen molar-refractivity contribution in [3.8, 4) is 0 Å². The third-order valence-corrected chi connectivity index (χ3v) is 5.49. The number of aryl methyl sites for hydroxylation is 1. The molecule has 6 nitrogen and oxygen atoms in total. The number of amides is 2. The molecular weight excluding hydrogens is 340 g/mol. The van der Waals surface area contributed by atoms with Crippen molar-refractivity contribution in [2.75, 3.05) is 29.9 Å². The van der Waals surface area contributed by atoms with Gasteiger partial charge in [0.25, 0.3) is 0 Å². The molecule has 0 bridgehead atoms. The fourth-order valence-corrected chi connectivity index (χ4v) is 4.28. The van der Waals surface area contributed by atoms with Crippen LogP contribution in [0.2, 0.25) is 0 Å². The minimum atomic E-state index is -0.0487. The molecule has 0 saturated carbocycles. The number of nitrogens with one attached hydrogen (secondary N) is 1. The van der Waals surface area contributed by atoms with Gasteiger partial charge in [-0.25, -0.2) is 9.78 Å². The maximum Gasteiger partial charge on any atom is 0.321 e. The molecule has 1 fully saturated rings. The van der Waals surface area contributed by atoms with Crippen LogP contribution in [0, 0.1) is 6.92 Å². The molecule has 2 aliphatic heterocycles. The van der Waals surface area contributed by atoms with Crippen LogP contribution in [0.3, 0.4) is 0 Å². The number of oxazole rings is 1. The molecule has 0 spiro atoms.